The van der Waals surface area contributed by atoms with Crippen LogP contribution in [0, 0.1) is 6.92 Å². The number of fused-ring (bicyclic) bond motifs is 1. The fourth-order valence-electron chi connectivity index (χ4n) is 3.31. The maximum Gasteiger partial charge on any atom is 0.337 e. The molecule has 1 unspecified atom stereocenters. The molecule has 31 heavy (non-hydrogen) atoms. The van der Waals surface area contributed by atoms with E-state index >= 15 is 0 Å². The standard InChI is InChI=1S/C23H19N3O4S/c1-13-8-10-16(11-9-13)24-20(27)14(2)26-19(15-6-4-3-5-7-15)25-21-18(22(26)28)17(12-31-21)23(29)30/h3-12,14H,1-2H3,(H,24,27)(H,29,30). The van der Waals surface area contributed by atoms with Gasteiger partial charge in [-0.3, -0.25) is 14.2 Å². The third-order valence-corrected chi connectivity index (χ3v) is 5.86. The molecule has 1 atom stereocenters. The second kappa shape index (κ2) is 8.16. The molecule has 0 aliphatic heterocycles. The summed E-state index contributed by atoms with van der Waals surface area (Å²) in [6.45, 7) is 3.54. The van der Waals surface area contributed by atoms with Crippen molar-refractivity contribution in [2.24, 2.45) is 0 Å². The second-order valence-electron chi connectivity index (χ2n) is 7.14. The number of carboxylic acids is 1. The van der Waals surface area contributed by atoms with Gasteiger partial charge in [-0.05, 0) is 26.0 Å². The van der Waals surface area contributed by atoms with E-state index < -0.39 is 23.5 Å². The minimum Gasteiger partial charge on any atom is -0.478 e. The number of carbonyl (C=O) groups is 2. The molecule has 1 amide bonds. The van der Waals surface area contributed by atoms with Crippen LogP contribution in [0.25, 0.3) is 21.6 Å². The van der Waals surface area contributed by atoms with Crippen LogP contribution in [0.3, 0.4) is 0 Å². The number of thiophene rings is 1. The SMILES string of the molecule is Cc1ccc(NC(=O)C(C)n2c(-c3ccccc3)nc3scc(C(=O)O)c3c2=O)cc1. The maximum atomic E-state index is 13.4. The van der Waals surface area contributed by atoms with Gasteiger partial charge in [-0.25, -0.2) is 9.78 Å². The zero-order valence-electron chi connectivity index (χ0n) is 16.8. The molecule has 0 saturated carbocycles. The zero-order valence-corrected chi connectivity index (χ0v) is 17.6. The van der Waals surface area contributed by atoms with E-state index in [-0.39, 0.29) is 10.9 Å². The quantitative estimate of drug-likeness (QED) is 0.488. The topological polar surface area (TPSA) is 101 Å². The lowest BCUT2D eigenvalue weighted by Crippen LogP contribution is -2.33. The van der Waals surface area contributed by atoms with Gasteiger partial charge in [0.1, 0.15) is 16.7 Å². The lowest BCUT2D eigenvalue weighted by molar-refractivity contribution is -0.118. The van der Waals surface area contributed by atoms with Crippen LogP contribution >= 0.6 is 11.3 Å². The van der Waals surface area contributed by atoms with Crippen molar-refractivity contribution in [3.63, 3.8) is 0 Å². The van der Waals surface area contributed by atoms with Crippen molar-refractivity contribution < 1.29 is 14.7 Å². The third kappa shape index (κ3) is 3.85. The number of hydrogen-bond donors (Lipinski definition) is 2. The summed E-state index contributed by atoms with van der Waals surface area (Å²) >= 11 is 1.09. The van der Waals surface area contributed by atoms with Gasteiger partial charge in [-0.1, -0.05) is 48.0 Å². The molecule has 2 heterocycles. The predicted octanol–water partition coefficient (Wildman–Crippen LogP) is 4.33. The molecule has 0 saturated heterocycles. The summed E-state index contributed by atoms with van der Waals surface area (Å²) in [5.74, 6) is -1.30. The van der Waals surface area contributed by atoms with Gasteiger partial charge < -0.3 is 10.4 Å². The molecule has 156 valence electrons. The number of rotatable bonds is 5. The van der Waals surface area contributed by atoms with E-state index in [4.69, 9.17) is 0 Å². The lowest BCUT2D eigenvalue weighted by Gasteiger charge is -2.19. The normalized spacial score (nSPS) is 11.9. The van der Waals surface area contributed by atoms with Crippen LogP contribution < -0.4 is 10.9 Å². The van der Waals surface area contributed by atoms with Crippen LogP contribution in [0.1, 0.15) is 28.9 Å². The Bertz CT molecular complexity index is 1340. The summed E-state index contributed by atoms with van der Waals surface area (Å²) in [5.41, 5.74) is 1.64. The molecule has 0 bridgehead atoms. The minimum absolute atomic E-state index is 0.00664. The fourth-order valence-corrected chi connectivity index (χ4v) is 4.21. The number of aromatic nitrogens is 2. The Morgan fingerprint density at radius 1 is 1.10 bits per heavy atom. The Balaban J connectivity index is 1.87. The van der Waals surface area contributed by atoms with E-state index in [1.165, 1.54) is 9.95 Å². The number of benzene rings is 2. The largest absolute Gasteiger partial charge is 0.478 e. The van der Waals surface area contributed by atoms with Gasteiger partial charge in [0.15, 0.2) is 0 Å². The van der Waals surface area contributed by atoms with Crippen molar-refractivity contribution in [2.75, 3.05) is 5.32 Å². The molecule has 2 N–H and O–H groups in total. The summed E-state index contributed by atoms with van der Waals surface area (Å²) in [5, 5.41) is 13.7. The van der Waals surface area contributed by atoms with E-state index in [1.807, 2.05) is 37.3 Å². The number of hydrogen-bond acceptors (Lipinski definition) is 5. The van der Waals surface area contributed by atoms with E-state index in [9.17, 15) is 19.5 Å². The highest BCUT2D eigenvalue weighted by molar-refractivity contribution is 7.17. The van der Waals surface area contributed by atoms with Crippen molar-refractivity contribution in [2.45, 2.75) is 19.9 Å². The van der Waals surface area contributed by atoms with Crippen molar-refractivity contribution >= 4 is 39.1 Å². The van der Waals surface area contributed by atoms with Gasteiger partial charge in [0, 0.05) is 16.6 Å². The van der Waals surface area contributed by atoms with Crippen molar-refractivity contribution in [1.29, 1.82) is 0 Å². The average molecular weight is 433 g/mol. The Morgan fingerprint density at radius 3 is 2.42 bits per heavy atom. The van der Waals surface area contributed by atoms with Gasteiger partial charge in [0.2, 0.25) is 5.91 Å². The molecule has 2 aromatic carbocycles. The molecule has 7 nitrogen and oxygen atoms in total. The zero-order chi connectivity index (χ0) is 22.1. The van der Waals surface area contributed by atoms with E-state index in [0.717, 1.165) is 16.9 Å². The number of nitrogens with zero attached hydrogens (tertiary/aromatic N) is 2. The van der Waals surface area contributed by atoms with Gasteiger partial charge >= 0.3 is 5.97 Å². The van der Waals surface area contributed by atoms with E-state index in [0.29, 0.717) is 21.9 Å². The molecular weight excluding hydrogens is 414 g/mol. The summed E-state index contributed by atoms with van der Waals surface area (Å²) in [4.78, 5) is 43.0. The Kier molecular flexibility index (Phi) is 5.39. The van der Waals surface area contributed by atoms with Crippen LogP contribution in [0.5, 0.6) is 0 Å². The molecule has 8 heteroatoms. The molecule has 0 fully saturated rings. The summed E-state index contributed by atoms with van der Waals surface area (Å²) in [6.07, 6.45) is 0. The van der Waals surface area contributed by atoms with Gasteiger partial charge in [0.25, 0.3) is 5.56 Å². The fraction of sp³-hybridized carbons (Fsp3) is 0.130. The number of nitrogens with one attached hydrogen (secondary N) is 1. The molecule has 2 aromatic heterocycles. The number of aryl methyl sites for hydroxylation is 1. The smallest absolute Gasteiger partial charge is 0.337 e. The molecule has 0 aliphatic carbocycles. The lowest BCUT2D eigenvalue weighted by atomic mass is 10.1. The highest BCUT2D eigenvalue weighted by atomic mass is 32.1. The Labute approximate surface area is 181 Å². The highest BCUT2D eigenvalue weighted by Crippen LogP contribution is 2.27. The molecular formula is C23H19N3O4S. The Morgan fingerprint density at radius 2 is 1.77 bits per heavy atom. The van der Waals surface area contributed by atoms with E-state index in [1.54, 1.807) is 31.2 Å². The minimum atomic E-state index is -1.21. The number of aromatic carboxylic acids is 1. The predicted molar refractivity (Wildman–Crippen MR) is 121 cm³/mol. The molecule has 4 aromatic rings. The molecule has 0 aliphatic rings. The Hall–Kier alpha value is -3.78. The van der Waals surface area contributed by atoms with Gasteiger partial charge in [-0.2, -0.15) is 0 Å². The maximum absolute atomic E-state index is 13.4. The number of carbonyl (C=O) groups excluding carboxylic acids is 1. The number of amides is 1. The van der Waals surface area contributed by atoms with Crippen molar-refractivity contribution in [3.8, 4) is 11.4 Å². The molecule has 0 spiro atoms. The average Bonchev–Trinajstić information content (AvgIpc) is 3.20. The van der Waals surface area contributed by atoms with Crippen LogP contribution in [0.15, 0.2) is 64.8 Å². The van der Waals surface area contributed by atoms with Gasteiger partial charge in [-0.15, -0.1) is 11.3 Å². The summed E-state index contributed by atoms with van der Waals surface area (Å²) in [7, 11) is 0. The van der Waals surface area contributed by atoms with Crippen molar-refractivity contribution in [1.82, 2.24) is 9.55 Å². The first kappa shape index (κ1) is 20.5. The first-order chi connectivity index (χ1) is 14.9. The molecule has 0 radical (unpaired) electrons. The highest BCUT2D eigenvalue weighted by Gasteiger charge is 2.26. The number of carboxylic acid groups (broad SMARTS) is 1. The van der Waals surface area contributed by atoms with Crippen LogP contribution in [-0.4, -0.2) is 26.5 Å². The first-order valence-corrected chi connectivity index (χ1v) is 10.4. The van der Waals surface area contributed by atoms with Gasteiger partial charge in [0.05, 0.1) is 10.9 Å². The number of anilines is 1. The summed E-state index contributed by atoms with van der Waals surface area (Å²) in [6, 6.07) is 15.4. The van der Waals surface area contributed by atoms with Crippen LogP contribution in [0.4, 0.5) is 5.69 Å². The van der Waals surface area contributed by atoms with Crippen LogP contribution in [0.2, 0.25) is 0 Å². The monoisotopic (exact) mass is 433 g/mol. The van der Waals surface area contributed by atoms with Crippen molar-refractivity contribution in [3.05, 3.63) is 81.5 Å². The third-order valence-electron chi connectivity index (χ3n) is 4.99. The first-order valence-electron chi connectivity index (χ1n) is 9.57. The summed E-state index contributed by atoms with van der Waals surface area (Å²) < 4.78 is 1.26. The second-order valence-corrected chi connectivity index (χ2v) is 8.00. The van der Waals surface area contributed by atoms with E-state index in [2.05, 4.69) is 10.3 Å². The van der Waals surface area contributed by atoms with Crippen LogP contribution in [-0.2, 0) is 4.79 Å². The molecule has 4 rings (SSSR count).